The summed E-state index contributed by atoms with van der Waals surface area (Å²) in [5, 5.41) is 0. The maximum atomic E-state index is 12.7. The van der Waals surface area contributed by atoms with Gasteiger partial charge in [-0.3, -0.25) is 4.79 Å². The average Bonchev–Trinajstić information content (AvgIpc) is 3.29. The van der Waals surface area contributed by atoms with E-state index in [0.29, 0.717) is 12.5 Å². The minimum atomic E-state index is -0.206. The molecule has 1 aromatic heterocycles. The lowest BCUT2D eigenvalue weighted by molar-refractivity contribution is -0.155. The van der Waals surface area contributed by atoms with Crippen molar-refractivity contribution < 1.29 is 14.3 Å². The number of carbonyl (C=O) groups is 1. The van der Waals surface area contributed by atoms with Crippen molar-refractivity contribution in [1.29, 1.82) is 0 Å². The maximum absolute atomic E-state index is 12.7. The van der Waals surface area contributed by atoms with Crippen LogP contribution < -0.4 is 0 Å². The topological polar surface area (TPSA) is 43.7 Å². The van der Waals surface area contributed by atoms with Gasteiger partial charge in [-0.1, -0.05) is 0 Å². The molecule has 3 heterocycles. The van der Waals surface area contributed by atoms with Gasteiger partial charge in [0.1, 0.15) is 6.10 Å². The highest BCUT2D eigenvalue weighted by atomic mass is 16.5. The first-order chi connectivity index (χ1) is 10.8. The summed E-state index contributed by atoms with van der Waals surface area (Å²) in [4.78, 5) is 14.8. The Hall–Kier alpha value is -1.33. The molecule has 5 nitrogen and oxygen atoms in total. The fourth-order valence-electron chi connectivity index (χ4n) is 4.25. The number of nitrogens with zero attached hydrogens (tertiary/aromatic N) is 2. The van der Waals surface area contributed by atoms with Gasteiger partial charge in [0.15, 0.2) is 0 Å². The van der Waals surface area contributed by atoms with Crippen molar-refractivity contribution in [3.63, 3.8) is 0 Å². The van der Waals surface area contributed by atoms with Crippen LogP contribution in [-0.2, 0) is 20.8 Å². The number of hydrogen-bond donors (Lipinski definition) is 0. The molecular weight excluding hydrogens is 280 g/mol. The first-order valence-corrected chi connectivity index (χ1v) is 8.47. The largest absolute Gasteiger partial charge is 0.374 e. The first kappa shape index (κ1) is 14.3. The molecule has 120 valence electrons. The lowest BCUT2D eigenvalue weighted by Gasteiger charge is -2.40. The third-order valence-electron chi connectivity index (χ3n) is 5.32. The van der Waals surface area contributed by atoms with Gasteiger partial charge in [0.25, 0.3) is 5.91 Å². The number of morpholine rings is 1. The molecular formula is C17H24N2O3. The Morgan fingerprint density at radius 3 is 2.73 bits per heavy atom. The smallest absolute Gasteiger partial charge is 0.252 e. The molecule has 5 heteroatoms. The average molecular weight is 304 g/mol. The molecule has 3 aliphatic rings. The Balaban J connectivity index is 1.45. The third kappa shape index (κ3) is 2.57. The van der Waals surface area contributed by atoms with Crippen LogP contribution in [0.3, 0.4) is 0 Å². The summed E-state index contributed by atoms with van der Waals surface area (Å²) < 4.78 is 13.9. The van der Waals surface area contributed by atoms with Gasteiger partial charge >= 0.3 is 0 Å². The number of rotatable bonds is 3. The number of amides is 1. The fourth-order valence-corrected chi connectivity index (χ4v) is 4.25. The number of carbonyl (C=O) groups excluding carboxylic acids is 1. The maximum Gasteiger partial charge on any atom is 0.252 e. The van der Waals surface area contributed by atoms with Gasteiger partial charge in [0, 0.05) is 38.0 Å². The summed E-state index contributed by atoms with van der Waals surface area (Å²) in [5.74, 6) is 0.690. The van der Waals surface area contributed by atoms with Gasteiger partial charge in [0.05, 0.1) is 18.8 Å². The first-order valence-electron chi connectivity index (χ1n) is 8.47. The summed E-state index contributed by atoms with van der Waals surface area (Å²) in [6.07, 6.45) is 8.24. The van der Waals surface area contributed by atoms with Crippen LogP contribution in [0.4, 0.5) is 0 Å². The molecule has 2 aliphatic heterocycles. The van der Waals surface area contributed by atoms with Crippen LogP contribution in [0, 0.1) is 5.92 Å². The molecule has 4 rings (SSSR count). The second-order valence-corrected chi connectivity index (χ2v) is 6.65. The lowest BCUT2D eigenvalue weighted by Crippen LogP contribution is -2.55. The molecule has 1 aromatic rings. The SMILES string of the molecule is O=C([C@H]1CCCO1)N1CCO[C@@H]2[C@H](Cn3cccc3)CC[C@H]21. The molecule has 0 unspecified atom stereocenters. The molecule has 0 spiro atoms. The molecule has 1 aliphatic carbocycles. The van der Waals surface area contributed by atoms with E-state index >= 15 is 0 Å². The van der Waals surface area contributed by atoms with Crippen LogP contribution in [0.2, 0.25) is 0 Å². The van der Waals surface area contributed by atoms with Crippen LogP contribution >= 0.6 is 0 Å². The molecule has 3 fully saturated rings. The highest BCUT2D eigenvalue weighted by Crippen LogP contribution is 2.36. The second kappa shape index (κ2) is 6.05. The molecule has 1 saturated carbocycles. The summed E-state index contributed by atoms with van der Waals surface area (Å²) in [6, 6.07) is 4.36. The van der Waals surface area contributed by atoms with E-state index in [0.717, 1.165) is 45.4 Å². The normalized spacial score (nSPS) is 34.8. The molecule has 0 N–H and O–H groups in total. The predicted molar refractivity (Wildman–Crippen MR) is 81.4 cm³/mol. The van der Waals surface area contributed by atoms with Gasteiger partial charge in [-0.2, -0.15) is 0 Å². The van der Waals surface area contributed by atoms with Gasteiger partial charge in [0.2, 0.25) is 0 Å². The molecule has 0 bridgehead atoms. The number of aromatic nitrogens is 1. The van der Waals surface area contributed by atoms with Crippen molar-refractivity contribution >= 4 is 5.91 Å². The lowest BCUT2D eigenvalue weighted by atomic mass is 10.0. The zero-order valence-electron chi connectivity index (χ0n) is 12.9. The fraction of sp³-hybridized carbons (Fsp3) is 0.706. The van der Waals surface area contributed by atoms with E-state index in [1.54, 1.807) is 0 Å². The molecule has 0 aromatic carbocycles. The summed E-state index contributed by atoms with van der Waals surface area (Å²) in [6.45, 7) is 3.08. The minimum Gasteiger partial charge on any atom is -0.374 e. The van der Waals surface area contributed by atoms with E-state index in [1.165, 1.54) is 0 Å². The van der Waals surface area contributed by atoms with Crippen molar-refractivity contribution in [2.24, 2.45) is 5.92 Å². The Kier molecular flexibility index (Phi) is 3.92. The quantitative estimate of drug-likeness (QED) is 0.853. The number of fused-ring (bicyclic) bond motifs is 1. The number of hydrogen-bond acceptors (Lipinski definition) is 3. The Morgan fingerprint density at radius 1 is 1.09 bits per heavy atom. The van der Waals surface area contributed by atoms with E-state index < -0.39 is 0 Å². The van der Waals surface area contributed by atoms with Crippen molar-refractivity contribution in [2.75, 3.05) is 19.8 Å². The van der Waals surface area contributed by atoms with Gasteiger partial charge in [-0.15, -0.1) is 0 Å². The van der Waals surface area contributed by atoms with E-state index in [-0.39, 0.29) is 24.2 Å². The van der Waals surface area contributed by atoms with Crippen LogP contribution in [0.25, 0.3) is 0 Å². The van der Waals surface area contributed by atoms with E-state index in [9.17, 15) is 4.79 Å². The van der Waals surface area contributed by atoms with Gasteiger partial charge < -0.3 is 18.9 Å². The monoisotopic (exact) mass is 304 g/mol. The van der Waals surface area contributed by atoms with Crippen LogP contribution in [0.5, 0.6) is 0 Å². The molecule has 1 amide bonds. The molecule has 2 saturated heterocycles. The highest BCUT2D eigenvalue weighted by molar-refractivity contribution is 5.81. The molecule has 22 heavy (non-hydrogen) atoms. The molecule has 4 atom stereocenters. The predicted octanol–water partition coefficient (Wildman–Crippen LogP) is 1.67. The minimum absolute atomic E-state index is 0.182. The summed E-state index contributed by atoms with van der Waals surface area (Å²) in [5.41, 5.74) is 0. The zero-order chi connectivity index (χ0) is 14.9. The van der Waals surface area contributed by atoms with Gasteiger partial charge in [-0.05, 0) is 37.8 Å². The van der Waals surface area contributed by atoms with Crippen LogP contribution in [0.15, 0.2) is 24.5 Å². The molecule has 0 radical (unpaired) electrons. The highest BCUT2D eigenvalue weighted by Gasteiger charge is 2.45. The van der Waals surface area contributed by atoms with Crippen molar-refractivity contribution in [3.8, 4) is 0 Å². The van der Waals surface area contributed by atoms with Crippen LogP contribution in [-0.4, -0.2) is 53.4 Å². The van der Waals surface area contributed by atoms with Gasteiger partial charge in [-0.25, -0.2) is 0 Å². The van der Waals surface area contributed by atoms with E-state index in [4.69, 9.17) is 9.47 Å². The zero-order valence-corrected chi connectivity index (χ0v) is 12.9. The Morgan fingerprint density at radius 2 is 1.95 bits per heavy atom. The standard InChI is InChI=1S/C17H24N2O3/c20-17(15-4-3-10-21-15)19-9-11-22-16-13(5-6-14(16)19)12-18-7-1-2-8-18/h1-2,7-8,13-16H,3-6,9-12H2/t13-,14+,15+,16+/m0/s1. The second-order valence-electron chi connectivity index (χ2n) is 6.65. The Labute approximate surface area is 131 Å². The summed E-state index contributed by atoms with van der Waals surface area (Å²) in [7, 11) is 0. The van der Waals surface area contributed by atoms with E-state index in [1.807, 2.05) is 0 Å². The Bertz CT molecular complexity index is 510. The van der Waals surface area contributed by atoms with E-state index in [2.05, 4.69) is 34.0 Å². The van der Waals surface area contributed by atoms with Crippen molar-refractivity contribution in [1.82, 2.24) is 9.47 Å². The third-order valence-corrected chi connectivity index (χ3v) is 5.32. The van der Waals surface area contributed by atoms with Crippen LogP contribution in [0.1, 0.15) is 25.7 Å². The van der Waals surface area contributed by atoms with Crippen molar-refractivity contribution in [2.45, 2.75) is 50.5 Å². The van der Waals surface area contributed by atoms with Crippen molar-refractivity contribution in [3.05, 3.63) is 24.5 Å². The number of ether oxygens (including phenoxy) is 2. The summed E-state index contributed by atoms with van der Waals surface area (Å²) >= 11 is 0.